The quantitative estimate of drug-likeness (QED) is 0.0901. The molecule has 0 radical (unpaired) electrons. The topological polar surface area (TPSA) is 285 Å². The number of imide groups is 1. The number of hydrogen-bond acceptors (Lipinski definition) is 12. The fourth-order valence-electron chi connectivity index (χ4n) is 7.09. The average molecular weight is 869 g/mol. The van der Waals surface area contributed by atoms with Gasteiger partial charge in [-0.3, -0.25) is 33.6 Å². The zero-order chi connectivity index (χ0) is 43.3. The largest absolute Gasteiger partial charge is 0.481 e. The Bertz CT molecular complexity index is 2280. The van der Waals surface area contributed by atoms with Crippen LogP contribution in [0.25, 0.3) is 0 Å². The van der Waals surface area contributed by atoms with Crippen LogP contribution in [0.5, 0.6) is 5.75 Å². The van der Waals surface area contributed by atoms with E-state index >= 15 is 4.39 Å². The Balaban J connectivity index is 1.00. The van der Waals surface area contributed by atoms with Crippen molar-refractivity contribution in [1.82, 2.24) is 20.9 Å². The lowest BCUT2D eigenvalue weighted by atomic mass is 9.92. The van der Waals surface area contributed by atoms with Gasteiger partial charge in [-0.25, -0.2) is 22.9 Å². The minimum Gasteiger partial charge on any atom is -0.481 e. The molecule has 316 valence electrons. The van der Waals surface area contributed by atoms with E-state index in [1.54, 1.807) is 4.90 Å². The molecule has 2 fully saturated rings. The summed E-state index contributed by atoms with van der Waals surface area (Å²) in [7, 11) is -10.3. The molecule has 3 aromatic rings. The van der Waals surface area contributed by atoms with E-state index < -0.39 is 98.7 Å². The minimum atomic E-state index is -5.16. The van der Waals surface area contributed by atoms with E-state index in [1.165, 1.54) is 38.1 Å². The highest BCUT2D eigenvalue weighted by molar-refractivity contribution is 7.70. The van der Waals surface area contributed by atoms with Gasteiger partial charge in [0.2, 0.25) is 11.8 Å². The summed E-state index contributed by atoms with van der Waals surface area (Å²) in [4.78, 5) is 107. The Morgan fingerprint density at radius 3 is 2.05 bits per heavy atom. The number of pyridine rings is 1. The van der Waals surface area contributed by atoms with Crippen LogP contribution >= 0.6 is 15.2 Å². The number of carbonyl (C=O) groups is 5. The number of hydrogen-bond donors (Lipinski definition) is 8. The predicted molar refractivity (Wildman–Crippen MR) is 198 cm³/mol. The van der Waals surface area contributed by atoms with E-state index in [9.17, 15) is 66.6 Å². The fourth-order valence-corrected chi connectivity index (χ4v) is 9.55. The first-order valence-corrected chi connectivity index (χ1v) is 21.1. The molecule has 2 aromatic carbocycles. The Morgan fingerprint density at radius 1 is 0.864 bits per heavy atom. The van der Waals surface area contributed by atoms with E-state index in [0.29, 0.717) is 6.07 Å². The number of amides is 3. The molecule has 0 bridgehead atoms. The van der Waals surface area contributed by atoms with Gasteiger partial charge in [-0.1, -0.05) is 12.1 Å². The van der Waals surface area contributed by atoms with Crippen molar-refractivity contribution in [3.8, 4) is 5.75 Å². The number of ketones is 1. The molecule has 3 heterocycles. The van der Waals surface area contributed by atoms with Gasteiger partial charge in [-0.15, -0.1) is 0 Å². The highest BCUT2D eigenvalue weighted by atomic mass is 31.2. The van der Waals surface area contributed by atoms with Gasteiger partial charge in [0.25, 0.3) is 0 Å². The summed E-state index contributed by atoms with van der Waals surface area (Å²) in [6.45, 7) is 2.75. The number of halogens is 3. The molecule has 59 heavy (non-hydrogen) atoms. The van der Waals surface area contributed by atoms with Gasteiger partial charge in [0.15, 0.2) is 22.8 Å². The molecule has 8 N–H and O–H groups in total. The number of anilines is 3. The molecule has 2 unspecified atom stereocenters. The van der Waals surface area contributed by atoms with Crippen molar-refractivity contribution in [1.29, 1.82) is 0 Å². The van der Waals surface area contributed by atoms with Gasteiger partial charge in [0, 0.05) is 31.7 Å². The lowest BCUT2D eigenvalue weighted by Crippen LogP contribution is -2.52. The second-order valence-corrected chi connectivity index (χ2v) is 18.4. The zero-order valence-corrected chi connectivity index (χ0v) is 32.6. The van der Waals surface area contributed by atoms with Crippen molar-refractivity contribution in [3.63, 3.8) is 0 Å². The molecule has 1 saturated carbocycles. The van der Waals surface area contributed by atoms with Crippen LogP contribution in [0, 0.1) is 35.2 Å². The highest BCUT2D eigenvalue weighted by Crippen LogP contribution is 2.61. The maximum atomic E-state index is 15.5. The molecule has 0 spiro atoms. The van der Waals surface area contributed by atoms with Crippen LogP contribution in [0.2, 0.25) is 0 Å². The van der Waals surface area contributed by atoms with Crippen molar-refractivity contribution in [2.24, 2.45) is 17.8 Å². The number of carboxylic acid groups (broad SMARTS) is 1. The van der Waals surface area contributed by atoms with Crippen LogP contribution in [0.3, 0.4) is 0 Å². The lowest BCUT2D eigenvalue weighted by Gasteiger charge is -2.34. The molecule has 6 atom stereocenters. The molecule has 24 heteroatoms. The number of rotatable bonds is 13. The summed E-state index contributed by atoms with van der Waals surface area (Å²) >= 11 is 0. The third-order valence-electron chi connectivity index (χ3n) is 10.3. The fraction of sp³-hybridized carbons (Fsp3) is 0.371. The SMILES string of the molecule is CC(N[C@H]1[C@@H]2CN(c3nc4c(cc3F)C(=O)C(C(=O)O)CN4c3ccc(F)cc3F)C[C@@H]21)C(=O)NC(=O)[C@H](C)NC(=O)Oc1ccc(CC(P(=O)(O)O)P(=O)(O)O)cc1. The monoisotopic (exact) mass is 868 g/mol. The molecule has 1 aromatic heterocycles. The Kier molecular flexibility index (Phi) is 12.1. The Morgan fingerprint density at radius 2 is 1.47 bits per heavy atom. The molecule has 1 saturated heterocycles. The highest BCUT2D eigenvalue weighted by Gasteiger charge is 2.57. The van der Waals surface area contributed by atoms with Crippen molar-refractivity contribution in [3.05, 3.63) is 77.1 Å². The van der Waals surface area contributed by atoms with Crippen LogP contribution in [0.15, 0.2) is 48.5 Å². The number of piperidine rings is 1. The van der Waals surface area contributed by atoms with Crippen molar-refractivity contribution >= 4 is 62.2 Å². The minimum absolute atomic E-state index is 0.0818. The molecular weight excluding hydrogens is 831 g/mol. The van der Waals surface area contributed by atoms with E-state index in [0.717, 1.165) is 23.1 Å². The maximum Gasteiger partial charge on any atom is 0.413 e. The van der Waals surface area contributed by atoms with Gasteiger partial charge >= 0.3 is 27.3 Å². The summed E-state index contributed by atoms with van der Waals surface area (Å²) < 4.78 is 72.3. The first-order chi connectivity index (χ1) is 27.5. The van der Waals surface area contributed by atoms with Crippen molar-refractivity contribution in [2.75, 3.05) is 29.4 Å². The number of carbonyl (C=O) groups excluding carboxylic acids is 4. The summed E-state index contributed by atoms with van der Waals surface area (Å²) in [5.41, 5.74) is -0.503. The zero-order valence-electron chi connectivity index (χ0n) is 30.9. The molecule has 6 rings (SSSR count). The molecule has 2 aliphatic heterocycles. The summed E-state index contributed by atoms with van der Waals surface area (Å²) in [5.74, 6) is -9.18. The maximum absolute atomic E-state index is 15.5. The van der Waals surface area contributed by atoms with Crippen LogP contribution in [0.4, 0.5) is 35.3 Å². The Labute approximate surface area is 332 Å². The number of nitrogens with zero attached hydrogens (tertiary/aromatic N) is 3. The van der Waals surface area contributed by atoms with Gasteiger partial charge in [-0.05, 0) is 68.0 Å². The summed E-state index contributed by atoms with van der Waals surface area (Å²) in [5, 5.41) is 14.9. The first-order valence-electron chi connectivity index (χ1n) is 17.8. The van der Waals surface area contributed by atoms with E-state index in [1.807, 2.05) is 0 Å². The van der Waals surface area contributed by atoms with E-state index in [-0.39, 0.29) is 65.2 Å². The van der Waals surface area contributed by atoms with Crippen molar-refractivity contribution < 1.29 is 75.7 Å². The third-order valence-corrected chi connectivity index (χ3v) is 14.0. The molecule has 3 aliphatic rings. The number of aliphatic carboxylic acids is 1. The molecular formula is C35H37F3N6O13P2. The first kappa shape index (κ1) is 43.4. The van der Waals surface area contributed by atoms with E-state index in [2.05, 4.69) is 20.9 Å². The lowest BCUT2D eigenvalue weighted by molar-refractivity contribution is -0.139. The smallest absolute Gasteiger partial charge is 0.413 e. The summed E-state index contributed by atoms with van der Waals surface area (Å²) in [6, 6.07) is 5.94. The predicted octanol–water partition coefficient (Wildman–Crippen LogP) is 1.99. The number of carboxylic acids is 1. The number of fused-ring (bicyclic) bond motifs is 2. The Hall–Kier alpha value is -5.21. The summed E-state index contributed by atoms with van der Waals surface area (Å²) in [6.07, 6.45) is -1.77. The third kappa shape index (κ3) is 9.49. The van der Waals surface area contributed by atoms with Crippen LogP contribution in [-0.2, 0) is 29.9 Å². The standard InChI is InChI=1S/C35H37F3N6O13P2/c1-15(32(46)42-33(47)16(2)40-35(50)57-19-6-3-17(4-7-19)9-27(58(51,52)53)59(54,55)56)39-28-21-12-43(13-22(21)28)31-25(38)11-20-29(45)23(34(48)49)14-44(30(20)41-31)26-8-5-18(36)10-24(26)37/h3-8,10-11,15-16,21-23,27-28,39H,9,12-14H2,1-2H3,(H,40,50)(H,48,49)(H,42,46,47)(H2,51,52,53)(H2,54,55,56)/t15?,16-,21-,22+,23?,28+/m0/s1. The number of Topliss-reactive ketones (excluding diaryl/α,β-unsaturated/α-hetero) is 1. The average Bonchev–Trinajstić information content (AvgIpc) is 3.55. The van der Waals surface area contributed by atoms with Gasteiger partial charge < -0.3 is 49.9 Å². The second-order valence-electron chi connectivity index (χ2n) is 14.4. The van der Waals surface area contributed by atoms with Crippen LogP contribution in [0.1, 0.15) is 29.8 Å². The normalized spacial score (nSPS) is 21.0. The number of benzene rings is 2. The number of nitrogens with one attached hydrogen (secondary N) is 3. The molecule has 3 amide bonds. The molecule has 1 aliphatic carbocycles. The van der Waals surface area contributed by atoms with Gasteiger partial charge in [0.05, 0.1) is 17.3 Å². The van der Waals surface area contributed by atoms with Gasteiger partial charge in [0.1, 0.15) is 35.2 Å². The van der Waals surface area contributed by atoms with Crippen LogP contribution < -0.4 is 30.5 Å². The number of aromatic nitrogens is 1. The van der Waals surface area contributed by atoms with Crippen molar-refractivity contribution in [2.45, 2.75) is 43.8 Å². The molecule has 19 nitrogen and oxygen atoms in total. The number of ether oxygens (including phenoxy) is 1. The van der Waals surface area contributed by atoms with Gasteiger partial charge in [-0.2, -0.15) is 0 Å². The van der Waals surface area contributed by atoms with E-state index in [4.69, 9.17) is 4.74 Å². The second kappa shape index (κ2) is 16.4. The van der Waals surface area contributed by atoms with Crippen LogP contribution in [-0.4, -0.2) is 102 Å².